The molecule has 2 aromatic rings. The largest absolute Gasteiger partial charge is 0.407 e. The first-order valence-electron chi connectivity index (χ1n) is 8.11. The molecule has 0 N–H and O–H groups in total. The van der Waals surface area contributed by atoms with Crippen LogP contribution in [-0.2, 0) is 10.0 Å². The minimum absolute atomic E-state index is 0.152. The van der Waals surface area contributed by atoms with Crippen LogP contribution in [0.2, 0.25) is 0 Å². The maximum atomic E-state index is 13.3. The van der Waals surface area contributed by atoms with Gasteiger partial charge in [-0.2, -0.15) is 17.5 Å². The number of non-ortho nitro benzene ring substituents is 1. The average molecular weight is 412 g/mol. The molecule has 3 atom stereocenters. The smallest absolute Gasteiger partial charge is 0.258 e. The van der Waals surface area contributed by atoms with E-state index in [2.05, 4.69) is 0 Å². The maximum Gasteiger partial charge on any atom is 0.407 e. The lowest BCUT2D eigenvalue weighted by molar-refractivity contribution is -0.384. The summed E-state index contributed by atoms with van der Waals surface area (Å²) in [5.74, 6) is 0. The molecule has 3 rings (SSSR count). The van der Waals surface area contributed by atoms with Crippen LogP contribution in [0.4, 0.5) is 18.9 Å². The lowest BCUT2D eigenvalue weighted by atomic mass is 10.1. The van der Waals surface area contributed by atoms with Crippen molar-refractivity contribution in [2.24, 2.45) is 0 Å². The van der Waals surface area contributed by atoms with E-state index in [1.54, 1.807) is 6.92 Å². The molecule has 1 aliphatic rings. The van der Waals surface area contributed by atoms with Crippen molar-refractivity contribution in [3.8, 4) is 0 Å². The van der Waals surface area contributed by atoms with Gasteiger partial charge < -0.3 is 0 Å². The number of aryl methyl sites for hydroxylation is 1. The summed E-state index contributed by atoms with van der Waals surface area (Å²) >= 11 is 0. The van der Waals surface area contributed by atoms with Crippen molar-refractivity contribution in [2.75, 3.05) is 0 Å². The van der Waals surface area contributed by atoms with Crippen LogP contribution in [0.15, 0.2) is 59.5 Å². The van der Waals surface area contributed by atoms with Gasteiger partial charge >= 0.3 is 6.18 Å². The van der Waals surface area contributed by atoms with E-state index in [1.807, 2.05) is 0 Å². The standard InChI is InChI=1S/C18H15F3N2O4S/c1-12-2-9-15(10-3-12)28(26,27)22-16(17(22)18(19,20)21)11-6-13-4-7-14(8-5-13)23(24)25/h2-11,16-17H,1H3/b11-6+/t16-,17-,22?/m1/s1. The normalized spacial score (nSPS) is 22.4. The summed E-state index contributed by atoms with van der Waals surface area (Å²) in [5, 5.41) is 10.6. The zero-order chi connectivity index (χ0) is 20.7. The Morgan fingerprint density at radius 1 is 1.07 bits per heavy atom. The fourth-order valence-corrected chi connectivity index (χ4v) is 4.53. The zero-order valence-corrected chi connectivity index (χ0v) is 15.3. The fraction of sp³-hybridized carbons (Fsp3) is 0.222. The van der Waals surface area contributed by atoms with Crippen LogP contribution in [0, 0.1) is 17.0 Å². The third-order valence-electron chi connectivity index (χ3n) is 4.32. The number of halogens is 3. The topological polar surface area (TPSA) is 80.3 Å². The molecule has 1 unspecified atom stereocenters. The third kappa shape index (κ3) is 3.92. The Morgan fingerprint density at radius 2 is 1.64 bits per heavy atom. The van der Waals surface area contributed by atoms with Gasteiger partial charge in [0.15, 0.2) is 0 Å². The molecule has 1 heterocycles. The highest BCUT2D eigenvalue weighted by Crippen LogP contribution is 2.46. The van der Waals surface area contributed by atoms with Gasteiger partial charge in [-0.1, -0.05) is 29.8 Å². The Kier molecular flexibility index (Phi) is 5.02. The first-order valence-corrected chi connectivity index (χ1v) is 9.55. The Labute approximate surface area is 159 Å². The molecule has 0 aromatic heterocycles. The van der Waals surface area contributed by atoms with Gasteiger partial charge in [0.05, 0.1) is 15.9 Å². The van der Waals surface area contributed by atoms with Gasteiger partial charge in [-0.3, -0.25) is 10.1 Å². The van der Waals surface area contributed by atoms with Gasteiger partial charge in [0.1, 0.15) is 6.04 Å². The van der Waals surface area contributed by atoms with Crippen LogP contribution in [0.25, 0.3) is 6.08 Å². The number of hydrogen-bond donors (Lipinski definition) is 0. The van der Waals surface area contributed by atoms with E-state index in [0.717, 1.165) is 11.6 Å². The number of sulfonamides is 1. The van der Waals surface area contributed by atoms with Gasteiger partial charge in [-0.05, 0) is 36.8 Å². The van der Waals surface area contributed by atoms with Crippen molar-refractivity contribution in [1.82, 2.24) is 4.31 Å². The van der Waals surface area contributed by atoms with Crippen LogP contribution in [0.1, 0.15) is 11.1 Å². The first-order chi connectivity index (χ1) is 13.0. The lowest BCUT2D eigenvalue weighted by Crippen LogP contribution is -2.24. The molecule has 28 heavy (non-hydrogen) atoms. The van der Waals surface area contributed by atoms with E-state index in [1.165, 1.54) is 54.6 Å². The molecule has 1 aliphatic heterocycles. The van der Waals surface area contributed by atoms with E-state index in [4.69, 9.17) is 0 Å². The van der Waals surface area contributed by atoms with E-state index in [0.29, 0.717) is 9.87 Å². The number of hydrogen-bond acceptors (Lipinski definition) is 4. The highest BCUT2D eigenvalue weighted by Gasteiger charge is 2.67. The summed E-state index contributed by atoms with van der Waals surface area (Å²) in [6.07, 6.45) is -2.26. The van der Waals surface area contributed by atoms with Gasteiger partial charge in [0.25, 0.3) is 5.69 Å². The molecule has 148 valence electrons. The molecule has 0 bridgehead atoms. The van der Waals surface area contributed by atoms with Crippen molar-refractivity contribution in [3.63, 3.8) is 0 Å². The number of alkyl halides is 3. The van der Waals surface area contributed by atoms with E-state index >= 15 is 0 Å². The molecule has 0 radical (unpaired) electrons. The number of nitrogens with zero attached hydrogens (tertiary/aromatic N) is 2. The fourth-order valence-electron chi connectivity index (χ4n) is 2.82. The number of benzene rings is 2. The zero-order valence-electron chi connectivity index (χ0n) is 14.5. The molecular formula is C18H15F3N2O4S. The van der Waals surface area contributed by atoms with Gasteiger partial charge in [0.2, 0.25) is 10.0 Å². The molecule has 0 saturated carbocycles. The van der Waals surface area contributed by atoms with Crippen molar-refractivity contribution >= 4 is 21.8 Å². The molecule has 1 saturated heterocycles. The molecule has 0 aliphatic carbocycles. The van der Waals surface area contributed by atoms with Crippen LogP contribution >= 0.6 is 0 Å². The second-order valence-electron chi connectivity index (χ2n) is 6.33. The molecule has 6 nitrogen and oxygen atoms in total. The lowest BCUT2D eigenvalue weighted by Gasteiger charge is -2.08. The second-order valence-corrected chi connectivity index (χ2v) is 8.18. The Balaban J connectivity index is 1.87. The van der Waals surface area contributed by atoms with Crippen LogP contribution in [0.3, 0.4) is 0 Å². The molecule has 0 spiro atoms. The molecular weight excluding hydrogens is 397 g/mol. The monoisotopic (exact) mass is 412 g/mol. The summed E-state index contributed by atoms with van der Waals surface area (Å²) < 4.78 is 65.6. The number of rotatable bonds is 5. The summed E-state index contributed by atoms with van der Waals surface area (Å²) in [6.45, 7) is 1.74. The minimum atomic E-state index is -4.72. The third-order valence-corrected chi connectivity index (χ3v) is 6.22. The summed E-state index contributed by atoms with van der Waals surface area (Å²) in [5.41, 5.74) is 1.05. The highest BCUT2D eigenvalue weighted by atomic mass is 32.2. The minimum Gasteiger partial charge on any atom is -0.258 e. The van der Waals surface area contributed by atoms with Crippen molar-refractivity contribution in [2.45, 2.75) is 30.1 Å². The second kappa shape index (κ2) is 7.02. The molecule has 2 aromatic carbocycles. The maximum absolute atomic E-state index is 13.3. The highest BCUT2D eigenvalue weighted by molar-refractivity contribution is 7.89. The van der Waals surface area contributed by atoms with Crippen LogP contribution < -0.4 is 0 Å². The first kappa shape index (κ1) is 20.0. The Morgan fingerprint density at radius 3 is 2.14 bits per heavy atom. The summed E-state index contributed by atoms with van der Waals surface area (Å²) in [7, 11) is -4.31. The van der Waals surface area contributed by atoms with E-state index in [9.17, 15) is 31.7 Å². The van der Waals surface area contributed by atoms with Crippen LogP contribution in [-0.4, -0.2) is 35.9 Å². The number of nitro benzene ring substituents is 1. The van der Waals surface area contributed by atoms with Crippen molar-refractivity contribution in [1.29, 1.82) is 0 Å². The quantitative estimate of drug-likeness (QED) is 0.424. The van der Waals surface area contributed by atoms with Crippen LogP contribution in [0.5, 0.6) is 0 Å². The number of nitro groups is 1. The van der Waals surface area contributed by atoms with E-state index < -0.39 is 33.2 Å². The summed E-state index contributed by atoms with van der Waals surface area (Å²) in [6, 6.07) is 7.23. The van der Waals surface area contributed by atoms with Gasteiger partial charge in [-0.15, -0.1) is 0 Å². The SMILES string of the molecule is Cc1ccc(S(=O)(=O)N2[C@H](/C=C/c3ccc([N+](=O)[O-])cc3)[C@@H]2C(F)(F)F)cc1. The Bertz CT molecular complexity index is 1020. The molecule has 1 fully saturated rings. The van der Waals surface area contributed by atoms with Crippen molar-refractivity contribution in [3.05, 3.63) is 75.8 Å². The summed E-state index contributed by atoms with van der Waals surface area (Å²) in [4.78, 5) is 9.84. The molecule has 0 amide bonds. The predicted molar refractivity (Wildman–Crippen MR) is 96.0 cm³/mol. The average Bonchev–Trinajstić information content (AvgIpc) is 3.36. The van der Waals surface area contributed by atoms with Gasteiger partial charge in [0, 0.05) is 12.1 Å². The van der Waals surface area contributed by atoms with Gasteiger partial charge in [-0.25, -0.2) is 8.42 Å². The predicted octanol–water partition coefficient (Wildman–Crippen LogP) is 3.92. The molecule has 10 heteroatoms. The van der Waals surface area contributed by atoms with Crippen molar-refractivity contribution < 1.29 is 26.5 Å². The Hall–Kier alpha value is -2.72. The van der Waals surface area contributed by atoms with E-state index in [-0.39, 0.29) is 10.6 Å².